The number of hydrogen-bond donors (Lipinski definition) is 0. The number of benzene rings is 10. The van der Waals surface area contributed by atoms with Crippen LogP contribution in [0.15, 0.2) is 217 Å². The predicted molar refractivity (Wildman–Crippen MR) is 268 cm³/mol. The minimum Gasteiger partial charge on any atom is -0.455 e. The van der Waals surface area contributed by atoms with Gasteiger partial charge in [-0.25, -0.2) is 0 Å². The summed E-state index contributed by atoms with van der Waals surface area (Å²) in [6.07, 6.45) is 0. The number of fused-ring (bicyclic) bond motifs is 10. The van der Waals surface area contributed by atoms with Gasteiger partial charge < -0.3 is 9.32 Å². The average molecular weight is 826 g/mol. The standard InChI is InChI=1S/C58H35NOS2/c1-2-12-36(13-3-1)37-28-30-42(31-29-37)59(52-21-11-20-48-46-17-7-9-23-55(46)62-58(48)52)43-34-49(56-51(35-43)50-32-40-14-4-5-15-41(40)33-53(50)60-56)39-26-24-38(25-27-39)44-18-10-19-47-45-16-6-8-22-54(45)61-57(44)47/h1-35H. The normalized spacial score (nSPS) is 11.9. The molecule has 290 valence electrons. The molecule has 0 unspecified atom stereocenters. The minimum atomic E-state index is 0.885. The number of rotatable bonds is 6. The predicted octanol–water partition coefficient (Wildman–Crippen LogP) is 17.9. The van der Waals surface area contributed by atoms with Gasteiger partial charge in [0, 0.05) is 63.4 Å². The second kappa shape index (κ2) is 14.0. The van der Waals surface area contributed by atoms with Gasteiger partial charge in [0.05, 0.1) is 10.4 Å². The van der Waals surface area contributed by atoms with Crippen LogP contribution in [0.4, 0.5) is 17.1 Å². The molecule has 3 heterocycles. The fraction of sp³-hybridized carbons (Fsp3) is 0. The highest BCUT2D eigenvalue weighted by atomic mass is 32.1. The van der Waals surface area contributed by atoms with Crippen molar-refractivity contribution < 1.29 is 4.42 Å². The van der Waals surface area contributed by atoms with Crippen molar-refractivity contribution in [2.45, 2.75) is 0 Å². The van der Waals surface area contributed by atoms with Crippen LogP contribution in [0.25, 0.3) is 106 Å². The molecule has 13 aromatic rings. The molecule has 0 amide bonds. The number of hydrogen-bond acceptors (Lipinski definition) is 4. The van der Waals surface area contributed by atoms with E-state index in [0.29, 0.717) is 0 Å². The van der Waals surface area contributed by atoms with Gasteiger partial charge >= 0.3 is 0 Å². The molecule has 0 saturated heterocycles. The first-order chi connectivity index (χ1) is 30.7. The van der Waals surface area contributed by atoms with E-state index in [1.54, 1.807) is 0 Å². The summed E-state index contributed by atoms with van der Waals surface area (Å²) in [5, 5.41) is 9.72. The zero-order valence-electron chi connectivity index (χ0n) is 33.4. The van der Waals surface area contributed by atoms with Crippen molar-refractivity contribution in [2.24, 2.45) is 0 Å². The van der Waals surface area contributed by atoms with Crippen LogP contribution in [0.5, 0.6) is 0 Å². The van der Waals surface area contributed by atoms with Gasteiger partial charge in [-0.05, 0) is 93.2 Å². The largest absolute Gasteiger partial charge is 0.455 e. The second-order valence-corrected chi connectivity index (χ2v) is 18.1. The van der Waals surface area contributed by atoms with E-state index in [1.807, 2.05) is 22.7 Å². The van der Waals surface area contributed by atoms with E-state index in [0.717, 1.165) is 55.5 Å². The van der Waals surface area contributed by atoms with Crippen LogP contribution in [0, 0.1) is 0 Å². The molecule has 62 heavy (non-hydrogen) atoms. The summed E-state index contributed by atoms with van der Waals surface area (Å²) in [6, 6.07) is 77.4. The molecule has 13 rings (SSSR count). The van der Waals surface area contributed by atoms with Crippen LogP contribution in [-0.2, 0) is 0 Å². The lowest BCUT2D eigenvalue weighted by Gasteiger charge is -2.27. The first-order valence-electron chi connectivity index (χ1n) is 21.0. The molecule has 0 N–H and O–H groups in total. The van der Waals surface area contributed by atoms with Gasteiger partial charge in [0.25, 0.3) is 0 Å². The summed E-state index contributed by atoms with van der Waals surface area (Å²) in [5.41, 5.74) is 12.1. The smallest absolute Gasteiger partial charge is 0.143 e. The Balaban J connectivity index is 1.05. The molecule has 2 nitrogen and oxygen atoms in total. The summed E-state index contributed by atoms with van der Waals surface area (Å²) in [6.45, 7) is 0. The molecule has 0 aliphatic heterocycles. The third kappa shape index (κ3) is 5.61. The maximum atomic E-state index is 6.96. The van der Waals surface area contributed by atoms with E-state index in [-0.39, 0.29) is 0 Å². The third-order valence-electron chi connectivity index (χ3n) is 12.5. The van der Waals surface area contributed by atoms with Crippen molar-refractivity contribution in [3.63, 3.8) is 0 Å². The average Bonchev–Trinajstić information content (AvgIpc) is 4.03. The Morgan fingerprint density at radius 2 is 0.903 bits per heavy atom. The first kappa shape index (κ1) is 35.3. The summed E-state index contributed by atoms with van der Waals surface area (Å²) < 4.78 is 12.1. The van der Waals surface area contributed by atoms with Crippen LogP contribution in [-0.4, -0.2) is 0 Å². The summed E-state index contributed by atoms with van der Waals surface area (Å²) in [7, 11) is 0. The highest BCUT2D eigenvalue weighted by Crippen LogP contribution is 2.49. The van der Waals surface area contributed by atoms with Gasteiger partial charge in [-0.15, -0.1) is 22.7 Å². The lowest BCUT2D eigenvalue weighted by molar-refractivity contribution is 0.670. The highest BCUT2D eigenvalue weighted by Gasteiger charge is 2.23. The molecule has 10 aromatic carbocycles. The van der Waals surface area contributed by atoms with Crippen molar-refractivity contribution in [1.82, 2.24) is 0 Å². The van der Waals surface area contributed by atoms with E-state index in [9.17, 15) is 0 Å². The SMILES string of the molecule is c1ccc(-c2ccc(N(c3cc(-c4ccc(-c5cccc6c5sc5ccccc56)cc4)c4oc5cc6ccccc6cc5c4c3)c3cccc4c3sc3ccccc34)cc2)cc1. The van der Waals surface area contributed by atoms with Gasteiger partial charge in [0.15, 0.2) is 0 Å². The van der Waals surface area contributed by atoms with E-state index < -0.39 is 0 Å². The number of thiophene rings is 2. The lowest BCUT2D eigenvalue weighted by atomic mass is 9.96. The van der Waals surface area contributed by atoms with Crippen molar-refractivity contribution >= 4 is 113 Å². The van der Waals surface area contributed by atoms with Crippen molar-refractivity contribution in [2.75, 3.05) is 4.90 Å². The zero-order chi connectivity index (χ0) is 40.7. The Labute approximate surface area is 365 Å². The molecular weight excluding hydrogens is 791 g/mol. The molecule has 4 heteroatoms. The first-order valence-corrected chi connectivity index (χ1v) is 22.6. The number of nitrogens with zero attached hydrogens (tertiary/aromatic N) is 1. The quantitative estimate of drug-likeness (QED) is 0.166. The monoisotopic (exact) mass is 825 g/mol. The topological polar surface area (TPSA) is 16.4 Å². The molecule has 0 aliphatic carbocycles. The fourth-order valence-corrected chi connectivity index (χ4v) is 11.9. The Bertz CT molecular complexity index is 3860. The Hall–Kier alpha value is -7.50. The maximum absolute atomic E-state index is 6.96. The third-order valence-corrected chi connectivity index (χ3v) is 14.9. The van der Waals surface area contributed by atoms with Crippen LogP contribution >= 0.6 is 22.7 Å². The lowest BCUT2D eigenvalue weighted by Crippen LogP contribution is -2.10. The minimum absolute atomic E-state index is 0.885. The molecule has 0 bridgehead atoms. The van der Waals surface area contributed by atoms with E-state index in [1.165, 1.54) is 68.0 Å². The maximum Gasteiger partial charge on any atom is 0.143 e. The molecule has 0 spiro atoms. The van der Waals surface area contributed by atoms with E-state index >= 15 is 0 Å². The zero-order valence-corrected chi connectivity index (χ0v) is 35.0. The van der Waals surface area contributed by atoms with Crippen molar-refractivity contribution in [3.05, 3.63) is 212 Å². The van der Waals surface area contributed by atoms with Crippen molar-refractivity contribution in [1.29, 1.82) is 0 Å². The van der Waals surface area contributed by atoms with Crippen LogP contribution in [0.1, 0.15) is 0 Å². The van der Waals surface area contributed by atoms with Gasteiger partial charge in [0.1, 0.15) is 11.2 Å². The summed E-state index contributed by atoms with van der Waals surface area (Å²) in [4.78, 5) is 2.45. The highest BCUT2D eigenvalue weighted by molar-refractivity contribution is 7.26. The summed E-state index contributed by atoms with van der Waals surface area (Å²) >= 11 is 3.73. The van der Waals surface area contributed by atoms with Gasteiger partial charge in [0.2, 0.25) is 0 Å². The molecule has 0 fully saturated rings. The number of anilines is 3. The van der Waals surface area contributed by atoms with Crippen molar-refractivity contribution in [3.8, 4) is 33.4 Å². The fourth-order valence-electron chi connectivity index (χ4n) is 9.46. The van der Waals surface area contributed by atoms with Gasteiger partial charge in [-0.1, -0.05) is 158 Å². The molecule has 0 aliphatic rings. The molecular formula is C58H35NOS2. The molecule has 0 radical (unpaired) electrons. The van der Waals surface area contributed by atoms with Crippen LogP contribution < -0.4 is 4.90 Å². The number of furan rings is 1. The van der Waals surface area contributed by atoms with E-state index in [2.05, 4.69) is 217 Å². The van der Waals surface area contributed by atoms with Crippen LogP contribution in [0.3, 0.4) is 0 Å². The Morgan fingerprint density at radius 1 is 0.339 bits per heavy atom. The summed E-state index contributed by atoms with van der Waals surface area (Å²) in [5.74, 6) is 0. The van der Waals surface area contributed by atoms with Crippen LogP contribution in [0.2, 0.25) is 0 Å². The van der Waals surface area contributed by atoms with Gasteiger partial charge in [-0.3, -0.25) is 0 Å². The Morgan fingerprint density at radius 3 is 1.65 bits per heavy atom. The molecule has 0 atom stereocenters. The van der Waals surface area contributed by atoms with Gasteiger partial charge in [-0.2, -0.15) is 0 Å². The Kier molecular flexibility index (Phi) is 7.99. The molecule has 3 aromatic heterocycles. The molecule has 0 saturated carbocycles. The second-order valence-electron chi connectivity index (χ2n) is 16.0. The van der Waals surface area contributed by atoms with E-state index in [4.69, 9.17) is 4.42 Å².